The number of nitrogens with two attached hydrogens (primary N) is 1. The molecule has 0 aliphatic carbocycles. The third-order valence-electron chi connectivity index (χ3n) is 4.08. The van der Waals surface area contributed by atoms with Crippen LogP contribution >= 0.6 is 11.6 Å². The van der Waals surface area contributed by atoms with E-state index < -0.39 is 0 Å². The minimum atomic E-state index is -0.181. The van der Waals surface area contributed by atoms with E-state index in [0.717, 1.165) is 13.1 Å². The smallest absolute Gasteiger partial charge is 1.00 e. The standard InChI is InChI=1S/C16H19NO.C7H7Cl.C2H7NO.CH2O3.2K.H/c18-12-11-17(13-15-7-3-1-4-8-15)14-16-9-5-2-6-10-16;8-6-7-4-2-1-3-5-7;3-1-2-4;2-1-4-3;;;/h1-10,18H,11-14H2;1-5H,6H2;4H,1-3H2;1,3H;;;/q;;;;2*+1;-1/p-1. The molecule has 0 unspecified atom stereocenters. The summed E-state index contributed by atoms with van der Waals surface area (Å²) >= 11 is 5.53. The Bertz CT molecular complexity index is 785. The van der Waals surface area contributed by atoms with Crippen LogP contribution in [-0.4, -0.2) is 47.9 Å². The van der Waals surface area contributed by atoms with E-state index in [-0.39, 0.29) is 124 Å². The van der Waals surface area contributed by atoms with Gasteiger partial charge in [-0.2, -0.15) is 0 Å². The summed E-state index contributed by atoms with van der Waals surface area (Å²) < 4.78 is 0. The number of hydrogen-bond acceptors (Lipinski definition) is 7. The summed E-state index contributed by atoms with van der Waals surface area (Å²) in [5.41, 5.74) is 8.51. The molecule has 0 amide bonds. The van der Waals surface area contributed by atoms with E-state index in [1.54, 1.807) is 0 Å². The average Bonchev–Trinajstić information content (AvgIpc) is 2.91. The first kappa shape index (κ1) is 41.0. The molecule has 36 heavy (non-hydrogen) atoms. The monoisotopic (exact) mass is 568 g/mol. The number of aliphatic hydroxyl groups excluding tert-OH is 2. The van der Waals surface area contributed by atoms with E-state index in [1.807, 2.05) is 42.5 Å². The second kappa shape index (κ2) is 31.7. The van der Waals surface area contributed by atoms with Crippen molar-refractivity contribution in [2.24, 2.45) is 5.73 Å². The zero-order valence-electron chi connectivity index (χ0n) is 22.2. The van der Waals surface area contributed by atoms with Crippen LogP contribution in [0.25, 0.3) is 0 Å². The van der Waals surface area contributed by atoms with E-state index in [0.29, 0.717) is 19.0 Å². The predicted molar refractivity (Wildman–Crippen MR) is 134 cm³/mol. The van der Waals surface area contributed by atoms with Crippen LogP contribution in [0, 0.1) is 0 Å². The molecule has 0 atom stereocenters. The van der Waals surface area contributed by atoms with Gasteiger partial charge in [0.25, 0.3) is 6.47 Å². The van der Waals surface area contributed by atoms with E-state index in [4.69, 9.17) is 37.6 Å². The number of rotatable bonds is 9. The first-order valence-corrected chi connectivity index (χ1v) is 11.2. The molecule has 3 aromatic rings. The second-order valence-electron chi connectivity index (χ2n) is 6.73. The molecule has 0 saturated heterocycles. The van der Waals surface area contributed by atoms with Gasteiger partial charge in [-0.3, -0.25) is 9.69 Å². The minimum absolute atomic E-state index is 0. The van der Waals surface area contributed by atoms with Crippen LogP contribution in [0.3, 0.4) is 0 Å². The topological polar surface area (TPSA) is 119 Å². The number of carbonyl (C=O) groups is 1. The Kier molecular flexibility index (Phi) is 36.1. The van der Waals surface area contributed by atoms with E-state index >= 15 is 0 Å². The van der Waals surface area contributed by atoms with Crippen molar-refractivity contribution < 1.29 is 129 Å². The van der Waals surface area contributed by atoms with Crippen molar-refractivity contribution in [1.82, 2.24) is 4.90 Å². The van der Waals surface area contributed by atoms with Gasteiger partial charge in [-0.1, -0.05) is 91.0 Å². The molecule has 0 aliphatic rings. The van der Waals surface area contributed by atoms with Gasteiger partial charge >= 0.3 is 103 Å². The van der Waals surface area contributed by atoms with Gasteiger partial charge in [-0.15, -0.1) is 11.6 Å². The maximum atomic E-state index is 9.15. The van der Waals surface area contributed by atoms with Crippen molar-refractivity contribution in [3.05, 3.63) is 108 Å². The van der Waals surface area contributed by atoms with Crippen LogP contribution in [0.2, 0.25) is 0 Å². The molecule has 0 aromatic heterocycles. The summed E-state index contributed by atoms with van der Waals surface area (Å²) in [5, 5.41) is 25.3. The number of benzene rings is 3. The molecule has 0 fully saturated rings. The van der Waals surface area contributed by atoms with E-state index in [1.165, 1.54) is 16.7 Å². The minimum Gasteiger partial charge on any atom is -1.00 e. The molecule has 0 spiro atoms. The first-order valence-electron chi connectivity index (χ1n) is 10.7. The summed E-state index contributed by atoms with van der Waals surface area (Å²) in [5.74, 6) is 0.612. The fourth-order valence-corrected chi connectivity index (χ4v) is 2.78. The largest absolute Gasteiger partial charge is 1.00 e. The zero-order valence-corrected chi connectivity index (χ0v) is 28.2. The molecule has 0 saturated carbocycles. The quantitative estimate of drug-likeness (QED) is 0.0809. The third kappa shape index (κ3) is 24.8. The van der Waals surface area contributed by atoms with Gasteiger partial charge in [0.1, 0.15) is 0 Å². The number of nitrogens with zero attached hydrogens (tertiary/aromatic N) is 1. The molecule has 3 aromatic carbocycles. The molecule has 188 valence electrons. The molecule has 0 aliphatic heterocycles. The normalized spacial score (nSPS) is 8.83. The third-order valence-corrected chi connectivity index (χ3v) is 4.39. The Morgan fingerprint density at radius 3 is 1.36 bits per heavy atom. The molecule has 0 radical (unpaired) electrons. The maximum Gasteiger partial charge on any atom is 1.00 e. The Balaban J connectivity index is -0.000000241. The molecular formula is C26H35ClK2N2O5. The molecular weight excluding hydrogens is 534 g/mol. The van der Waals surface area contributed by atoms with Crippen molar-refractivity contribution in [2.75, 3.05) is 26.3 Å². The van der Waals surface area contributed by atoms with Gasteiger partial charge in [-0.25, -0.2) is 0 Å². The number of aliphatic hydroxyl groups is 2. The van der Waals surface area contributed by atoms with Crippen molar-refractivity contribution >= 4 is 18.1 Å². The summed E-state index contributed by atoms with van der Waals surface area (Å²) in [7, 11) is 0. The summed E-state index contributed by atoms with van der Waals surface area (Å²) in [4.78, 5) is 13.5. The number of hydrogen-bond donors (Lipinski definition) is 3. The predicted octanol–water partition coefficient (Wildman–Crippen LogP) is -3.40. The zero-order chi connectivity index (χ0) is 25.3. The van der Waals surface area contributed by atoms with Crippen LogP contribution in [0.5, 0.6) is 0 Å². The molecule has 3 rings (SSSR count). The van der Waals surface area contributed by atoms with E-state index in [2.05, 4.69) is 58.3 Å². The number of carbonyl (C=O) groups excluding carboxylic acids is 1. The van der Waals surface area contributed by atoms with Gasteiger partial charge in [0.05, 0.1) is 13.2 Å². The SMILES string of the molecule is ClCc1ccccc1.NCCO.O=CO[O-].OCCN(Cc1ccccc1)Cc1ccccc1.[H-].[K+].[K+]. The van der Waals surface area contributed by atoms with Crippen molar-refractivity contribution in [1.29, 1.82) is 0 Å². The van der Waals surface area contributed by atoms with E-state index in [9.17, 15) is 0 Å². The average molecular weight is 569 g/mol. The van der Waals surface area contributed by atoms with Gasteiger partial charge in [0.15, 0.2) is 0 Å². The van der Waals surface area contributed by atoms with Gasteiger partial charge in [0.2, 0.25) is 0 Å². The Morgan fingerprint density at radius 2 is 1.14 bits per heavy atom. The van der Waals surface area contributed by atoms with Crippen LogP contribution in [0.4, 0.5) is 0 Å². The molecule has 0 bridgehead atoms. The van der Waals surface area contributed by atoms with Crippen molar-refractivity contribution in [3.8, 4) is 0 Å². The molecule has 4 N–H and O–H groups in total. The summed E-state index contributed by atoms with van der Waals surface area (Å²) in [6, 6.07) is 30.7. The summed E-state index contributed by atoms with van der Waals surface area (Å²) in [6.45, 7) is 2.93. The fourth-order valence-electron chi connectivity index (χ4n) is 2.61. The van der Waals surface area contributed by atoms with Gasteiger partial charge in [-0.05, 0) is 16.7 Å². The number of halogens is 1. The van der Waals surface area contributed by atoms with Crippen molar-refractivity contribution in [3.63, 3.8) is 0 Å². The van der Waals surface area contributed by atoms with Gasteiger partial charge in [0, 0.05) is 32.1 Å². The Hall–Kier alpha value is 0.493. The number of alkyl halides is 1. The Morgan fingerprint density at radius 1 is 0.806 bits per heavy atom. The van der Waals surface area contributed by atoms with Crippen LogP contribution in [-0.2, 0) is 28.7 Å². The van der Waals surface area contributed by atoms with Crippen LogP contribution in [0.15, 0.2) is 91.0 Å². The Labute approximate surface area is 306 Å². The molecule has 0 heterocycles. The molecule has 10 heteroatoms. The maximum absolute atomic E-state index is 9.15. The fraction of sp³-hybridized carbons (Fsp3) is 0.269. The molecule has 7 nitrogen and oxygen atoms in total. The van der Waals surface area contributed by atoms with Gasteiger partial charge < -0.3 is 27.5 Å². The second-order valence-corrected chi connectivity index (χ2v) is 7.00. The summed E-state index contributed by atoms with van der Waals surface area (Å²) in [6.07, 6.45) is 0. The first-order chi connectivity index (χ1) is 16.6. The van der Waals surface area contributed by atoms with Crippen LogP contribution < -0.4 is 114 Å². The van der Waals surface area contributed by atoms with Crippen LogP contribution in [0.1, 0.15) is 18.1 Å². The van der Waals surface area contributed by atoms with Crippen molar-refractivity contribution in [2.45, 2.75) is 19.0 Å².